The smallest absolute Gasteiger partial charge is 0.223 e. The van der Waals surface area contributed by atoms with Crippen molar-refractivity contribution in [3.63, 3.8) is 0 Å². The molecule has 0 spiro atoms. The molecule has 0 aromatic heterocycles. The van der Waals surface area contributed by atoms with Gasteiger partial charge in [0.25, 0.3) is 0 Å². The summed E-state index contributed by atoms with van der Waals surface area (Å²) in [5.74, 6) is 0.848. The fraction of sp³-hybridized carbons (Fsp3) is 0.417. The number of nitrogens with zero attached hydrogens (tertiary/aromatic N) is 1. The molecule has 1 aromatic rings. The second-order valence-corrected chi connectivity index (χ2v) is 3.93. The van der Waals surface area contributed by atoms with Gasteiger partial charge in [0.2, 0.25) is 6.54 Å². The van der Waals surface area contributed by atoms with Gasteiger partial charge in [-0.1, -0.05) is 12.1 Å². The van der Waals surface area contributed by atoms with Crippen molar-refractivity contribution in [2.24, 2.45) is 0 Å². The molecule has 0 radical (unpaired) electrons. The second-order valence-electron chi connectivity index (χ2n) is 3.93. The van der Waals surface area contributed by atoms with Gasteiger partial charge in [-0.2, -0.15) is 0 Å². The Hall–Kier alpha value is -1.49. The van der Waals surface area contributed by atoms with Crippen LogP contribution in [0.15, 0.2) is 24.3 Å². The van der Waals surface area contributed by atoms with E-state index in [0.29, 0.717) is 6.54 Å². The van der Waals surface area contributed by atoms with Crippen LogP contribution in [0, 0.1) is 6.57 Å². The standard InChI is InChI=1S/C12H15NO/c1-12(2,9-13-3)10-6-5-7-11(8-10)14-4/h5-8H,9H2,1-2,4H3. The van der Waals surface area contributed by atoms with E-state index in [-0.39, 0.29) is 5.41 Å². The molecule has 0 amide bonds. The Bertz CT molecular complexity index is 350. The summed E-state index contributed by atoms with van der Waals surface area (Å²) in [6.07, 6.45) is 0. The van der Waals surface area contributed by atoms with Gasteiger partial charge in [-0.3, -0.25) is 0 Å². The Morgan fingerprint density at radius 1 is 1.43 bits per heavy atom. The lowest BCUT2D eigenvalue weighted by Crippen LogP contribution is -2.20. The van der Waals surface area contributed by atoms with E-state index in [9.17, 15) is 0 Å². The van der Waals surface area contributed by atoms with E-state index in [1.807, 2.05) is 24.3 Å². The molecular formula is C12H15NO. The maximum Gasteiger partial charge on any atom is 0.223 e. The molecule has 0 aliphatic rings. The minimum Gasteiger partial charge on any atom is -0.497 e. The van der Waals surface area contributed by atoms with Gasteiger partial charge in [0.05, 0.1) is 12.5 Å². The molecule has 0 saturated heterocycles. The number of rotatable bonds is 3. The van der Waals surface area contributed by atoms with Crippen LogP contribution in [-0.2, 0) is 5.41 Å². The van der Waals surface area contributed by atoms with Crippen LogP contribution in [0.2, 0.25) is 0 Å². The summed E-state index contributed by atoms with van der Waals surface area (Å²) in [5.41, 5.74) is 1.05. The van der Waals surface area contributed by atoms with Crippen molar-refractivity contribution in [2.45, 2.75) is 19.3 Å². The molecule has 0 aliphatic carbocycles. The maximum absolute atomic E-state index is 6.90. The molecule has 0 N–H and O–H groups in total. The summed E-state index contributed by atoms with van der Waals surface area (Å²) in [7, 11) is 1.65. The minimum absolute atomic E-state index is 0.101. The first kappa shape index (κ1) is 10.6. The fourth-order valence-electron chi connectivity index (χ4n) is 1.33. The predicted molar refractivity (Wildman–Crippen MR) is 57.5 cm³/mol. The molecule has 74 valence electrons. The first-order valence-electron chi connectivity index (χ1n) is 4.58. The Labute approximate surface area is 85.3 Å². The molecule has 0 heterocycles. The van der Waals surface area contributed by atoms with Crippen molar-refractivity contribution in [1.29, 1.82) is 0 Å². The zero-order valence-electron chi connectivity index (χ0n) is 8.87. The zero-order valence-corrected chi connectivity index (χ0v) is 8.87. The molecule has 14 heavy (non-hydrogen) atoms. The molecule has 2 heteroatoms. The minimum atomic E-state index is -0.101. The van der Waals surface area contributed by atoms with Gasteiger partial charge in [0.15, 0.2) is 0 Å². The second kappa shape index (κ2) is 4.15. The summed E-state index contributed by atoms with van der Waals surface area (Å²) in [4.78, 5) is 3.45. The third-order valence-electron chi connectivity index (χ3n) is 2.33. The maximum atomic E-state index is 6.90. The lowest BCUT2D eigenvalue weighted by molar-refractivity contribution is 0.412. The van der Waals surface area contributed by atoms with E-state index in [1.54, 1.807) is 7.11 Å². The van der Waals surface area contributed by atoms with E-state index in [1.165, 1.54) is 0 Å². The lowest BCUT2D eigenvalue weighted by Gasteiger charge is -2.19. The Balaban J connectivity index is 3.01. The first-order chi connectivity index (χ1) is 6.60. The Morgan fingerprint density at radius 3 is 2.71 bits per heavy atom. The number of hydrogen-bond acceptors (Lipinski definition) is 1. The summed E-state index contributed by atoms with van der Waals surface area (Å²) in [6.45, 7) is 11.5. The van der Waals surface area contributed by atoms with Gasteiger partial charge >= 0.3 is 0 Å². The van der Waals surface area contributed by atoms with Crippen LogP contribution < -0.4 is 4.74 Å². The molecule has 0 saturated carbocycles. The highest BCUT2D eigenvalue weighted by atomic mass is 16.5. The summed E-state index contributed by atoms with van der Waals surface area (Å²) >= 11 is 0. The molecule has 0 atom stereocenters. The lowest BCUT2D eigenvalue weighted by atomic mass is 9.85. The summed E-state index contributed by atoms with van der Waals surface area (Å²) in [6, 6.07) is 7.90. The third kappa shape index (κ3) is 2.26. The van der Waals surface area contributed by atoms with Gasteiger partial charge in [-0.25, -0.2) is 6.57 Å². The molecule has 1 aromatic carbocycles. The van der Waals surface area contributed by atoms with Gasteiger partial charge < -0.3 is 9.58 Å². The fourth-order valence-corrected chi connectivity index (χ4v) is 1.33. The molecule has 0 bridgehead atoms. The molecule has 1 rings (SSSR count). The van der Waals surface area contributed by atoms with Gasteiger partial charge in [-0.05, 0) is 31.5 Å². The molecule has 2 nitrogen and oxygen atoms in total. The average molecular weight is 189 g/mol. The number of hydrogen-bond donors (Lipinski definition) is 0. The van der Waals surface area contributed by atoms with Crippen molar-refractivity contribution in [2.75, 3.05) is 13.7 Å². The highest BCUT2D eigenvalue weighted by Gasteiger charge is 2.24. The largest absolute Gasteiger partial charge is 0.497 e. The van der Waals surface area contributed by atoms with Crippen LogP contribution >= 0.6 is 0 Å². The van der Waals surface area contributed by atoms with Crippen molar-refractivity contribution in [3.8, 4) is 5.75 Å². The van der Waals surface area contributed by atoms with Crippen LogP contribution in [-0.4, -0.2) is 13.7 Å². The average Bonchev–Trinajstić information content (AvgIpc) is 2.18. The van der Waals surface area contributed by atoms with Crippen LogP contribution in [0.5, 0.6) is 5.75 Å². The van der Waals surface area contributed by atoms with Crippen LogP contribution in [0.4, 0.5) is 0 Å². The molecular weight excluding hydrogens is 174 g/mol. The highest BCUT2D eigenvalue weighted by Crippen LogP contribution is 2.26. The SMILES string of the molecule is [C-]#[N+]CC(C)(C)c1cccc(OC)c1. The van der Waals surface area contributed by atoms with E-state index in [2.05, 4.69) is 18.7 Å². The van der Waals surface area contributed by atoms with Crippen LogP contribution in [0.1, 0.15) is 19.4 Å². The van der Waals surface area contributed by atoms with E-state index < -0.39 is 0 Å². The Kier molecular flexibility index (Phi) is 3.14. The first-order valence-corrected chi connectivity index (χ1v) is 4.58. The highest BCUT2D eigenvalue weighted by molar-refractivity contribution is 5.33. The van der Waals surface area contributed by atoms with E-state index in [4.69, 9.17) is 11.3 Å². The van der Waals surface area contributed by atoms with Crippen LogP contribution in [0.3, 0.4) is 0 Å². The van der Waals surface area contributed by atoms with Crippen LogP contribution in [0.25, 0.3) is 4.85 Å². The van der Waals surface area contributed by atoms with Gasteiger partial charge in [-0.15, -0.1) is 0 Å². The Morgan fingerprint density at radius 2 is 2.14 bits per heavy atom. The number of ether oxygens (including phenoxy) is 1. The van der Waals surface area contributed by atoms with Crippen molar-refractivity contribution >= 4 is 0 Å². The zero-order chi connectivity index (χ0) is 10.6. The third-order valence-corrected chi connectivity index (χ3v) is 2.33. The number of benzene rings is 1. The topological polar surface area (TPSA) is 13.6 Å². The van der Waals surface area contributed by atoms with Crippen molar-refractivity contribution in [3.05, 3.63) is 41.2 Å². The molecule has 0 unspecified atom stereocenters. The summed E-state index contributed by atoms with van der Waals surface area (Å²) in [5, 5.41) is 0. The van der Waals surface area contributed by atoms with E-state index in [0.717, 1.165) is 11.3 Å². The van der Waals surface area contributed by atoms with Gasteiger partial charge in [0, 0.05) is 0 Å². The van der Waals surface area contributed by atoms with Crippen molar-refractivity contribution < 1.29 is 4.74 Å². The van der Waals surface area contributed by atoms with Crippen molar-refractivity contribution in [1.82, 2.24) is 0 Å². The summed E-state index contributed by atoms with van der Waals surface area (Å²) < 4.78 is 5.15. The number of methoxy groups -OCH3 is 1. The van der Waals surface area contributed by atoms with Gasteiger partial charge in [0.1, 0.15) is 5.75 Å². The monoisotopic (exact) mass is 189 g/mol. The molecule has 0 aliphatic heterocycles. The normalized spacial score (nSPS) is 10.7. The predicted octanol–water partition coefficient (Wildman–Crippen LogP) is 2.89. The quantitative estimate of drug-likeness (QED) is 0.666. The van der Waals surface area contributed by atoms with E-state index >= 15 is 0 Å². The molecule has 0 fully saturated rings.